The first kappa shape index (κ1) is 19.6. The number of hydrogen-bond acceptors (Lipinski definition) is 3. The number of nitrogens with zero attached hydrogens (tertiary/aromatic N) is 1. The van der Waals surface area contributed by atoms with Crippen molar-refractivity contribution in [1.29, 1.82) is 0 Å². The number of benzene rings is 1. The van der Waals surface area contributed by atoms with Crippen molar-refractivity contribution in [3.63, 3.8) is 0 Å². The summed E-state index contributed by atoms with van der Waals surface area (Å²) in [5, 5.41) is 2.83. The predicted octanol–water partition coefficient (Wildman–Crippen LogP) is 2.45. The molecule has 0 bridgehead atoms. The summed E-state index contributed by atoms with van der Waals surface area (Å²) < 4.78 is 24.9. The predicted molar refractivity (Wildman–Crippen MR) is 93.6 cm³/mol. The Hall–Kier alpha value is -1.40. The summed E-state index contributed by atoms with van der Waals surface area (Å²) in [6.45, 7) is 5.28. The summed E-state index contributed by atoms with van der Waals surface area (Å²) in [6, 6.07) is 7.95. The standard InChI is InChI=1S/C17H28N2O3S/c1-4-5-6-12-19(23(3,21)22)13-11-17(20)18-14-16-9-7-15(2)8-10-16/h7-10H,4-6,11-14H2,1-3H3,(H,18,20). The van der Waals surface area contributed by atoms with Crippen LogP contribution in [0.4, 0.5) is 0 Å². The van der Waals surface area contributed by atoms with Crippen molar-refractivity contribution < 1.29 is 13.2 Å². The number of hydrogen-bond donors (Lipinski definition) is 1. The number of unbranched alkanes of at least 4 members (excludes halogenated alkanes) is 2. The maximum absolute atomic E-state index is 11.9. The van der Waals surface area contributed by atoms with Gasteiger partial charge in [-0.25, -0.2) is 12.7 Å². The average molecular weight is 340 g/mol. The lowest BCUT2D eigenvalue weighted by Gasteiger charge is -2.19. The van der Waals surface area contributed by atoms with E-state index in [1.165, 1.54) is 16.1 Å². The fourth-order valence-electron chi connectivity index (χ4n) is 2.20. The van der Waals surface area contributed by atoms with Crippen LogP contribution in [0, 0.1) is 6.92 Å². The quantitative estimate of drug-likeness (QED) is 0.665. The van der Waals surface area contributed by atoms with Gasteiger partial charge in [0.15, 0.2) is 0 Å². The molecule has 0 radical (unpaired) electrons. The summed E-state index contributed by atoms with van der Waals surface area (Å²) in [5.74, 6) is -0.130. The topological polar surface area (TPSA) is 66.5 Å². The molecular formula is C17H28N2O3S. The Morgan fingerprint density at radius 1 is 1.13 bits per heavy atom. The molecule has 0 fully saturated rings. The van der Waals surface area contributed by atoms with E-state index in [1.54, 1.807) is 0 Å². The molecule has 0 spiro atoms. The van der Waals surface area contributed by atoms with E-state index in [-0.39, 0.29) is 18.9 Å². The molecule has 1 aromatic rings. The second-order valence-electron chi connectivity index (χ2n) is 5.88. The van der Waals surface area contributed by atoms with Crippen molar-refractivity contribution >= 4 is 15.9 Å². The highest BCUT2D eigenvalue weighted by molar-refractivity contribution is 7.88. The molecule has 1 aromatic carbocycles. The molecule has 23 heavy (non-hydrogen) atoms. The summed E-state index contributed by atoms with van der Waals surface area (Å²) in [5.41, 5.74) is 2.21. The third-order valence-electron chi connectivity index (χ3n) is 3.68. The van der Waals surface area contributed by atoms with Gasteiger partial charge in [0.25, 0.3) is 0 Å². The minimum Gasteiger partial charge on any atom is -0.352 e. The van der Waals surface area contributed by atoms with Crippen LogP contribution < -0.4 is 5.32 Å². The Bertz CT molecular complexity index is 582. The molecule has 130 valence electrons. The van der Waals surface area contributed by atoms with E-state index in [0.29, 0.717) is 13.1 Å². The molecule has 6 heteroatoms. The van der Waals surface area contributed by atoms with Crippen LogP contribution in [0.5, 0.6) is 0 Å². The molecule has 0 saturated heterocycles. The number of nitrogens with one attached hydrogen (secondary N) is 1. The molecule has 1 N–H and O–H groups in total. The van der Waals surface area contributed by atoms with Crippen LogP contribution in [0.1, 0.15) is 43.7 Å². The Labute approximate surface area is 140 Å². The molecule has 0 aliphatic rings. The number of carbonyl (C=O) groups is 1. The highest BCUT2D eigenvalue weighted by Crippen LogP contribution is 2.05. The SMILES string of the molecule is CCCCCN(CCC(=O)NCc1ccc(C)cc1)S(C)(=O)=O. The van der Waals surface area contributed by atoms with Crippen LogP contribution in [0.3, 0.4) is 0 Å². The van der Waals surface area contributed by atoms with Gasteiger partial charge in [0.05, 0.1) is 6.26 Å². The summed E-state index contributed by atoms with van der Waals surface area (Å²) >= 11 is 0. The molecule has 1 rings (SSSR count). The first-order valence-corrected chi connectivity index (χ1v) is 9.95. The second-order valence-corrected chi connectivity index (χ2v) is 7.86. The maximum Gasteiger partial charge on any atom is 0.221 e. The first-order valence-electron chi connectivity index (χ1n) is 8.10. The van der Waals surface area contributed by atoms with Crippen molar-refractivity contribution in [2.24, 2.45) is 0 Å². The van der Waals surface area contributed by atoms with Crippen LogP contribution in [0.15, 0.2) is 24.3 Å². The Morgan fingerprint density at radius 2 is 1.78 bits per heavy atom. The molecule has 0 aliphatic carbocycles. The number of sulfonamides is 1. The van der Waals surface area contributed by atoms with Gasteiger partial charge in [-0.05, 0) is 18.9 Å². The largest absolute Gasteiger partial charge is 0.352 e. The number of amides is 1. The zero-order valence-electron chi connectivity index (χ0n) is 14.3. The van der Waals surface area contributed by atoms with E-state index >= 15 is 0 Å². The Balaban J connectivity index is 2.40. The molecule has 0 aromatic heterocycles. The first-order chi connectivity index (χ1) is 10.8. The third kappa shape index (κ3) is 8.13. The van der Waals surface area contributed by atoms with Crippen molar-refractivity contribution in [2.75, 3.05) is 19.3 Å². The average Bonchev–Trinajstić information content (AvgIpc) is 2.49. The van der Waals surface area contributed by atoms with Crippen LogP contribution in [0.25, 0.3) is 0 Å². The highest BCUT2D eigenvalue weighted by atomic mass is 32.2. The fourth-order valence-corrected chi connectivity index (χ4v) is 3.09. The minimum absolute atomic E-state index is 0.130. The lowest BCUT2D eigenvalue weighted by atomic mass is 10.1. The third-order valence-corrected chi connectivity index (χ3v) is 4.98. The van der Waals surface area contributed by atoms with Crippen molar-refractivity contribution in [3.05, 3.63) is 35.4 Å². The summed E-state index contributed by atoms with van der Waals surface area (Å²) in [7, 11) is -3.26. The van der Waals surface area contributed by atoms with E-state index < -0.39 is 10.0 Å². The van der Waals surface area contributed by atoms with Gasteiger partial charge < -0.3 is 5.32 Å². The van der Waals surface area contributed by atoms with Crippen LogP contribution in [-0.4, -0.2) is 38.0 Å². The fraction of sp³-hybridized carbons (Fsp3) is 0.588. The monoisotopic (exact) mass is 340 g/mol. The summed E-state index contributed by atoms with van der Waals surface area (Å²) in [4.78, 5) is 11.9. The van der Waals surface area contributed by atoms with Gasteiger partial charge >= 0.3 is 0 Å². The van der Waals surface area contributed by atoms with Gasteiger partial charge in [0.2, 0.25) is 15.9 Å². The summed E-state index contributed by atoms with van der Waals surface area (Å²) in [6.07, 6.45) is 4.24. The highest BCUT2D eigenvalue weighted by Gasteiger charge is 2.17. The second kappa shape index (κ2) is 9.67. The van der Waals surface area contributed by atoms with Crippen LogP contribution in [0.2, 0.25) is 0 Å². The van der Waals surface area contributed by atoms with E-state index in [9.17, 15) is 13.2 Å². The molecular weight excluding hydrogens is 312 g/mol. The number of aryl methyl sites for hydroxylation is 1. The van der Waals surface area contributed by atoms with Gasteiger partial charge in [0.1, 0.15) is 0 Å². The molecule has 0 heterocycles. The van der Waals surface area contributed by atoms with Crippen molar-refractivity contribution in [2.45, 2.75) is 46.1 Å². The zero-order valence-corrected chi connectivity index (χ0v) is 15.2. The van der Waals surface area contributed by atoms with E-state index in [1.807, 2.05) is 31.2 Å². The molecule has 0 atom stereocenters. The van der Waals surface area contributed by atoms with Crippen LogP contribution >= 0.6 is 0 Å². The molecule has 0 aliphatic heterocycles. The zero-order chi connectivity index (χ0) is 17.3. The van der Waals surface area contributed by atoms with E-state index in [2.05, 4.69) is 12.2 Å². The van der Waals surface area contributed by atoms with Gasteiger partial charge in [-0.15, -0.1) is 0 Å². The number of carbonyl (C=O) groups excluding carboxylic acids is 1. The lowest BCUT2D eigenvalue weighted by molar-refractivity contribution is -0.121. The number of rotatable bonds is 10. The lowest BCUT2D eigenvalue weighted by Crippen LogP contribution is -2.35. The molecule has 5 nitrogen and oxygen atoms in total. The van der Waals surface area contributed by atoms with E-state index in [0.717, 1.165) is 24.8 Å². The Morgan fingerprint density at radius 3 is 2.35 bits per heavy atom. The van der Waals surface area contributed by atoms with Gasteiger partial charge in [-0.3, -0.25) is 4.79 Å². The van der Waals surface area contributed by atoms with Gasteiger partial charge in [-0.1, -0.05) is 49.6 Å². The molecule has 0 saturated carbocycles. The van der Waals surface area contributed by atoms with Gasteiger partial charge in [0, 0.05) is 26.1 Å². The molecule has 1 amide bonds. The van der Waals surface area contributed by atoms with Crippen LogP contribution in [-0.2, 0) is 21.4 Å². The minimum atomic E-state index is -3.26. The van der Waals surface area contributed by atoms with Gasteiger partial charge in [-0.2, -0.15) is 0 Å². The van der Waals surface area contributed by atoms with E-state index in [4.69, 9.17) is 0 Å². The maximum atomic E-state index is 11.9. The Kier molecular flexibility index (Phi) is 8.26. The molecule has 0 unspecified atom stereocenters. The normalized spacial score (nSPS) is 11.7. The smallest absolute Gasteiger partial charge is 0.221 e. The van der Waals surface area contributed by atoms with Crippen molar-refractivity contribution in [1.82, 2.24) is 9.62 Å². The van der Waals surface area contributed by atoms with Crippen molar-refractivity contribution in [3.8, 4) is 0 Å².